The second kappa shape index (κ2) is 5.78. The molecule has 0 spiro atoms. The quantitative estimate of drug-likeness (QED) is 0.847. The molecule has 0 N–H and O–H groups in total. The predicted molar refractivity (Wildman–Crippen MR) is 78.2 cm³/mol. The molecule has 1 fully saturated rings. The number of imide groups is 1. The fraction of sp³-hybridized carbons (Fsp3) is 0.467. The molecule has 1 saturated heterocycles. The molecule has 1 heterocycles. The zero-order valence-electron chi connectivity index (χ0n) is 11.6. The first kappa shape index (κ1) is 14.1. The summed E-state index contributed by atoms with van der Waals surface area (Å²) >= 11 is 1.16. The van der Waals surface area contributed by atoms with Crippen LogP contribution in [0.3, 0.4) is 0 Å². The number of carbonyl (C=O) groups is 2. The molecular weight excluding hydrogens is 258 g/mol. The van der Waals surface area contributed by atoms with Gasteiger partial charge in [0.05, 0.1) is 5.25 Å². The Morgan fingerprint density at radius 3 is 2.42 bits per heavy atom. The van der Waals surface area contributed by atoms with E-state index in [1.54, 1.807) is 0 Å². The summed E-state index contributed by atoms with van der Waals surface area (Å²) < 4.78 is 0. The van der Waals surface area contributed by atoms with Crippen molar-refractivity contribution in [3.63, 3.8) is 0 Å². The van der Waals surface area contributed by atoms with Gasteiger partial charge in [0.2, 0.25) is 5.91 Å². The number of hydrogen-bond acceptors (Lipinski definition) is 3. The molecule has 2 rings (SSSR count). The Kier molecular flexibility index (Phi) is 4.30. The van der Waals surface area contributed by atoms with Crippen molar-refractivity contribution in [1.82, 2.24) is 4.90 Å². The molecule has 4 heteroatoms. The Hall–Kier alpha value is -1.29. The van der Waals surface area contributed by atoms with E-state index >= 15 is 0 Å². The third kappa shape index (κ3) is 3.38. The third-order valence-corrected chi connectivity index (χ3v) is 4.17. The van der Waals surface area contributed by atoms with Gasteiger partial charge in [0.15, 0.2) is 0 Å². The molecule has 0 unspecified atom stereocenters. The molecule has 1 aliphatic rings. The van der Waals surface area contributed by atoms with E-state index in [4.69, 9.17) is 0 Å². The van der Waals surface area contributed by atoms with Crippen molar-refractivity contribution in [2.24, 2.45) is 5.92 Å². The average Bonchev–Trinajstić information content (AvgIpc) is 2.60. The van der Waals surface area contributed by atoms with Crippen LogP contribution in [0.4, 0.5) is 4.79 Å². The molecule has 102 valence electrons. The fourth-order valence-electron chi connectivity index (χ4n) is 2.10. The van der Waals surface area contributed by atoms with E-state index in [0.29, 0.717) is 18.9 Å². The number of hydrogen-bond donors (Lipinski definition) is 0. The lowest BCUT2D eigenvalue weighted by molar-refractivity contribution is -0.127. The van der Waals surface area contributed by atoms with Crippen LogP contribution in [0.1, 0.15) is 25.0 Å². The van der Waals surface area contributed by atoms with Gasteiger partial charge >= 0.3 is 0 Å². The third-order valence-electron chi connectivity index (χ3n) is 3.09. The molecular formula is C15H19NO2S. The van der Waals surface area contributed by atoms with Crippen LogP contribution in [0, 0.1) is 12.8 Å². The summed E-state index contributed by atoms with van der Waals surface area (Å²) in [4.78, 5) is 25.4. The zero-order valence-corrected chi connectivity index (χ0v) is 12.4. The van der Waals surface area contributed by atoms with Crippen molar-refractivity contribution >= 4 is 22.9 Å². The highest BCUT2D eigenvalue weighted by atomic mass is 32.2. The highest BCUT2D eigenvalue weighted by molar-refractivity contribution is 8.15. The number of benzene rings is 1. The first-order chi connectivity index (χ1) is 8.97. The molecule has 3 nitrogen and oxygen atoms in total. The molecule has 0 saturated carbocycles. The van der Waals surface area contributed by atoms with E-state index in [9.17, 15) is 9.59 Å². The Morgan fingerprint density at radius 2 is 1.84 bits per heavy atom. The molecule has 0 aromatic heterocycles. The van der Waals surface area contributed by atoms with Gasteiger partial charge in [0.1, 0.15) is 0 Å². The van der Waals surface area contributed by atoms with Gasteiger partial charge in [-0.15, -0.1) is 0 Å². The maximum absolute atomic E-state index is 12.2. The van der Waals surface area contributed by atoms with Crippen molar-refractivity contribution in [2.45, 2.75) is 32.4 Å². The molecule has 0 radical (unpaired) electrons. The van der Waals surface area contributed by atoms with Gasteiger partial charge in [-0.1, -0.05) is 55.4 Å². The minimum absolute atomic E-state index is 0.0377. The second-order valence-electron chi connectivity index (χ2n) is 5.40. The maximum Gasteiger partial charge on any atom is 0.289 e. The number of carbonyl (C=O) groups excluding carboxylic acids is 2. The minimum Gasteiger partial charge on any atom is -0.273 e. The first-order valence-corrected chi connectivity index (χ1v) is 7.43. The van der Waals surface area contributed by atoms with Crippen molar-refractivity contribution in [1.29, 1.82) is 0 Å². The van der Waals surface area contributed by atoms with Crippen LogP contribution in [0.15, 0.2) is 24.3 Å². The summed E-state index contributed by atoms with van der Waals surface area (Å²) in [5, 5.41) is -0.357. The Morgan fingerprint density at radius 1 is 1.21 bits per heavy atom. The van der Waals surface area contributed by atoms with E-state index in [1.807, 2.05) is 45.0 Å². The Labute approximate surface area is 118 Å². The van der Waals surface area contributed by atoms with Crippen LogP contribution in [-0.4, -0.2) is 27.8 Å². The van der Waals surface area contributed by atoms with Crippen molar-refractivity contribution in [3.05, 3.63) is 35.4 Å². The van der Waals surface area contributed by atoms with Gasteiger partial charge < -0.3 is 0 Å². The topological polar surface area (TPSA) is 37.4 Å². The maximum atomic E-state index is 12.2. The highest BCUT2D eigenvalue weighted by Gasteiger charge is 2.39. The minimum atomic E-state index is -0.256. The molecule has 0 bridgehead atoms. The van der Waals surface area contributed by atoms with Gasteiger partial charge in [-0.3, -0.25) is 14.5 Å². The lowest BCUT2D eigenvalue weighted by Gasteiger charge is -2.16. The summed E-state index contributed by atoms with van der Waals surface area (Å²) in [7, 11) is 0. The van der Waals surface area contributed by atoms with Gasteiger partial charge in [0.25, 0.3) is 5.24 Å². The molecule has 1 atom stereocenters. The fourth-order valence-corrected chi connectivity index (χ4v) is 3.14. The van der Waals surface area contributed by atoms with Crippen LogP contribution >= 0.6 is 11.8 Å². The lowest BCUT2D eigenvalue weighted by Crippen LogP contribution is -2.35. The Balaban J connectivity index is 2.04. The first-order valence-electron chi connectivity index (χ1n) is 6.55. The molecule has 1 aromatic carbocycles. The summed E-state index contributed by atoms with van der Waals surface area (Å²) in [6.07, 6.45) is 0.629. The lowest BCUT2D eigenvalue weighted by atomic mass is 10.1. The smallest absolute Gasteiger partial charge is 0.273 e. The van der Waals surface area contributed by atoms with E-state index in [2.05, 4.69) is 0 Å². The van der Waals surface area contributed by atoms with Crippen molar-refractivity contribution in [2.75, 3.05) is 6.54 Å². The van der Waals surface area contributed by atoms with Crippen LogP contribution < -0.4 is 0 Å². The number of aryl methyl sites for hydroxylation is 1. The normalized spacial score (nSPS) is 19.6. The number of thioether (sulfide) groups is 1. The molecule has 19 heavy (non-hydrogen) atoms. The molecule has 2 amide bonds. The Bertz CT molecular complexity index is 481. The van der Waals surface area contributed by atoms with Gasteiger partial charge in [-0.05, 0) is 24.8 Å². The van der Waals surface area contributed by atoms with Crippen molar-refractivity contribution < 1.29 is 9.59 Å². The van der Waals surface area contributed by atoms with Gasteiger partial charge in [-0.2, -0.15) is 0 Å². The van der Waals surface area contributed by atoms with E-state index in [1.165, 1.54) is 10.5 Å². The van der Waals surface area contributed by atoms with Crippen LogP contribution in [0.2, 0.25) is 0 Å². The van der Waals surface area contributed by atoms with E-state index in [0.717, 1.165) is 17.3 Å². The number of rotatable bonds is 4. The van der Waals surface area contributed by atoms with Crippen molar-refractivity contribution in [3.8, 4) is 0 Å². The van der Waals surface area contributed by atoms with Crippen LogP contribution in [0.25, 0.3) is 0 Å². The molecule has 1 aliphatic heterocycles. The van der Waals surface area contributed by atoms with Gasteiger partial charge in [-0.25, -0.2) is 0 Å². The molecule has 1 aromatic rings. The monoisotopic (exact) mass is 277 g/mol. The number of nitrogens with zero attached hydrogens (tertiary/aromatic N) is 1. The summed E-state index contributed by atoms with van der Waals surface area (Å²) in [5.74, 6) is 0.274. The van der Waals surface area contributed by atoms with Crippen LogP contribution in [-0.2, 0) is 11.2 Å². The average molecular weight is 277 g/mol. The van der Waals surface area contributed by atoms with Crippen LogP contribution in [0.5, 0.6) is 0 Å². The standard InChI is InChI=1S/C15H19NO2S/c1-10(2)9-16-14(17)13(19-15(16)18)8-12-6-4-11(3)5-7-12/h4-7,10,13H,8-9H2,1-3H3/t13-/m1/s1. The van der Waals surface area contributed by atoms with E-state index in [-0.39, 0.29) is 16.4 Å². The predicted octanol–water partition coefficient (Wildman–Crippen LogP) is 3.26. The summed E-state index contributed by atoms with van der Waals surface area (Å²) in [6.45, 7) is 6.58. The van der Waals surface area contributed by atoms with Gasteiger partial charge in [0, 0.05) is 6.54 Å². The summed E-state index contributed by atoms with van der Waals surface area (Å²) in [6, 6.07) is 8.12. The van der Waals surface area contributed by atoms with E-state index < -0.39 is 0 Å². The highest BCUT2D eigenvalue weighted by Crippen LogP contribution is 2.30. The zero-order chi connectivity index (χ0) is 14.0. The largest absolute Gasteiger partial charge is 0.289 e. The SMILES string of the molecule is Cc1ccc(C[C@H]2SC(=O)N(CC(C)C)C2=O)cc1. The summed E-state index contributed by atoms with van der Waals surface area (Å²) in [5.41, 5.74) is 2.31. The number of amides is 2. The molecule has 0 aliphatic carbocycles. The second-order valence-corrected chi connectivity index (χ2v) is 6.56.